The van der Waals surface area contributed by atoms with Crippen molar-refractivity contribution in [3.05, 3.63) is 24.3 Å². The normalized spacial score (nSPS) is 15.0. The van der Waals surface area contributed by atoms with E-state index in [2.05, 4.69) is 24.1 Å². The van der Waals surface area contributed by atoms with Crippen LogP contribution in [0.15, 0.2) is 24.3 Å². The van der Waals surface area contributed by atoms with Crippen LogP contribution in [0.5, 0.6) is 0 Å². The van der Waals surface area contributed by atoms with E-state index in [1.165, 1.54) is 7.11 Å². The maximum Gasteiger partial charge on any atom is 0.409 e. The van der Waals surface area contributed by atoms with Crippen LogP contribution in [0, 0.1) is 5.92 Å². The third-order valence-electron chi connectivity index (χ3n) is 4.56. The first-order valence-electron chi connectivity index (χ1n) is 8.57. The van der Waals surface area contributed by atoms with E-state index in [4.69, 9.17) is 4.74 Å². The average molecular weight is 333 g/mol. The van der Waals surface area contributed by atoms with E-state index < -0.39 is 0 Å². The molecule has 132 valence electrons. The van der Waals surface area contributed by atoms with Crippen molar-refractivity contribution >= 4 is 23.4 Å². The Labute approximate surface area is 143 Å². The quantitative estimate of drug-likeness (QED) is 0.900. The summed E-state index contributed by atoms with van der Waals surface area (Å²) in [5.74, 6) is -0.0385. The van der Waals surface area contributed by atoms with Crippen LogP contribution in [-0.2, 0) is 9.53 Å². The van der Waals surface area contributed by atoms with E-state index in [9.17, 15) is 9.59 Å². The van der Waals surface area contributed by atoms with Gasteiger partial charge in [-0.05, 0) is 51.0 Å². The van der Waals surface area contributed by atoms with Gasteiger partial charge < -0.3 is 19.9 Å². The number of hydrogen-bond donors (Lipinski definition) is 1. The number of nitrogens with zero attached hydrogens (tertiary/aromatic N) is 2. The van der Waals surface area contributed by atoms with Crippen molar-refractivity contribution in [2.45, 2.75) is 26.7 Å². The molecular weight excluding hydrogens is 306 g/mol. The molecule has 0 atom stereocenters. The van der Waals surface area contributed by atoms with Gasteiger partial charge in [0.25, 0.3) is 0 Å². The summed E-state index contributed by atoms with van der Waals surface area (Å²) in [4.78, 5) is 27.8. The highest BCUT2D eigenvalue weighted by Crippen LogP contribution is 2.22. The zero-order chi connectivity index (χ0) is 17.5. The Balaban J connectivity index is 1.88. The molecule has 6 heteroatoms. The van der Waals surface area contributed by atoms with Crippen molar-refractivity contribution in [3.8, 4) is 0 Å². The molecular formula is C18H27N3O3. The number of rotatable bonds is 5. The number of piperidine rings is 1. The van der Waals surface area contributed by atoms with Crippen molar-refractivity contribution in [2.75, 3.05) is 43.5 Å². The second-order valence-corrected chi connectivity index (χ2v) is 5.94. The number of carbonyl (C=O) groups excluding carboxylic acids is 2. The van der Waals surface area contributed by atoms with Gasteiger partial charge >= 0.3 is 6.09 Å². The number of likely N-dealkylation sites (tertiary alicyclic amines) is 1. The van der Waals surface area contributed by atoms with Gasteiger partial charge in [0.05, 0.1) is 7.11 Å². The summed E-state index contributed by atoms with van der Waals surface area (Å²) >= 11 is 0. The standard InChI is InChI=1S/C18H27N3O3/c1-4-20(5-2)16-8-6-15(7-9-16)19-17(22)14-10-12-21(13-11-14)18(23)24-3/h6-9,14H,4-5,10-13H2,1-3H3,(H,19,22). The van der Waals surface area contributed by atoms with Crippen LogP contribution in [0.25, 0.3) is 0 Å². The third-order valence-corrected chi connectivity index (χ3v) is 4.56. The van der Waals surface area contributed by atoms with Crippen LogP contribution in [0.2, 0.25) is 0 Å². The molecule has 0 saturated carbocycles. The molecule has 0 bridgehead atoms. The first-order valence-corrected chi connectivity index (χ1v) is 8.57. The van der Waals surface area contributed by atoms with Gasteiger partial charge in [-0.25, -0.2) is 4.79 Å². The second-order valence-electron chi connectivity index (χ2n) is 5.94. The maximum atomic E-state index is 12.4. The molecule has 1 aliphatic heterocycles. The van der Waals surface area contributed by atoms with Crippen molar-refractivity contribution in [1.29, 1.82) is 0 Å². The lowest BCUT2D eigenvalue weighted by Crippen LogP contribution is -2.41. The molecule has 24 heavy (non-hydrogen) atoms. The molecule has 1 saturated heterocycles. The minimum absolute atomic E-state index is 0.0232. The van der Waals surface area contributed by atoms with Gasteiger partial charge in [-0.1, -0.05) is 0 Å². The van der Waals surface area contributed by atoms with Crippen molar-refractivity contribution < 1.29 is 14.3 Å². The zero-order valence-electron chi connectivity index (χ0n) is 14.7. The van der Waals surface area contributed by atoms with Crippen molar-refractivity contribution in [2.24, 2.45) is 5.92 Å². The lowest BCUT2D eigenvalue weighted by Gasteiger charge is -2.30. The molecule has 0 unspecified atom stereocenters. The molecule has 2 rings (SSSR count). The summed E-state index contributed by atoms with van der Waals surface area (Å²) in [6.45, 7) is 7.29. The summed E-state index contributed by atoms with van der Waals surface area (Å²) in [5, 5.41) is 2.98. The van der Waals surface area contributed by atoms with Gasteiger partial charge in [0, 0.05) is 43.5 Å². The average Bonchev–Trinajstić information content (AvgIpc) is 2.63. The molecule has 0 spiro atoms. The summed E-state index contributed by atoms with van der Waals surface area (Å²) in [6.07, 6.45) is 1.01. The molecule has 1 N–H and O–H groups in total. The molecule has 0 aliphatic carbocycles. The molecule has 6 nitrogen and oxygen atoms in total. The van der Waals surface area contributed by atoms with Crippen molar-refractivity contribution in [1.82, 2.24) is 4.90 Å². The Hall–Kier alpha value is -2.24. The van der Waals surface area contributed by atoms with E-state index in [-0.39, 0.29) is 17.9 Å². The van der Waals surface area contributed by atoms with E-state index in [1.54, 1.807) is 4.90 Å². The van der Waals surface area contributed by atoms with Crippen LogP contribution in [0.3, 0.4) is 0 Å². The maximum absolute atomic E-state index is 12.4. The third kappa shape index (κ3) is 4.40. The highest BCUT2D eigenvalue weighted by atomic mass is 16.5. The number of nitrogens with one attached hydrogen (secondary N) is 1. The fourth-order valence-corrected chi connectivity index (χ4v) is 3.04. The monoisotopic (exact) mass is 333 g/mol. The van der Waals surface area contributed by atoms with E-state index in [1.807, 2.05) is 24.3 Å². The molecule has 1 fully saturated rings. The van der Waals surface area contributed by atoms with Crippen LogP contribution in [0.1, 0.15) is 26.7 Å². The van der Waals surface area contributed by atoms with Gasteiger partial charge in [-0.2, -0.15) is 0 Å². The van der Waals surface area contributed by atoms with Crippen LogP contribution in [-0.4, -0.2) is 50.2 Å². The summed E-state index contributed by atoms with van der Waals surface area (Å²) in [7, 11) is 1.38. The second kappa shape index (κ2) is 8.57. The predicted octanol–water partition coefficient (Wildman–Crippen LogP) is 2.95. The van der Waals surface area contributed by atoms with E-state index >= 15 is 0 Å². The molecule has 1 heterocycles. The largest absolute Gasteiger partial charge is 0.453 e. The fourth-order valence-electron chi connectivity index (χ4n) is 3.04. The van der Waals surface area contributed by atoms with Gasteiger partial charge in [0.15, 0.2) is 0 Å². The molecule has 1 aromatic carbocycles. The number of hydrogen-bond acceptors (Lipinski definition) is 4. The van der Waals surface area contributed by atoms with Gasteiger partial charge in [0.1, 0.15) is 0 Å². The topological polar surface area (TPSA) is 61.9 Å². The van der Waals surface area contributed by atoms with Crippen molar-refractivity contribution in [3.63, 3.8) is 0 Å². The molecule has 1 aromatic rings. The molecule has 0 radical (unpaired) electrons. The highest BCUT2D eigenvalue weighted by molar-refractivity contribution is 5.92. The summed E-state index contributed by atoms with van der Waals surface area (Å²) in [5.41, 5.74) is 1.97. The Bertz CT molecular complexity index is 547. The minimum Gasteiger partial charge on any atom is -0.453 e. The summed E-state index contributed by atoms with van der Waals surface area (Å²) < 4.78 is 4.71. The number of carbonyl (C=O) groups is 2. The Kier molecular flexibility index (Phi) is 6.46. The van der Waals surface area contributed by atoms with Gasteiger partial charge in [0.2, 0.25) is 5.91 Å². The Morgan fingerprint density at radius 3 is 2.25 bits per heavy atom. The number of benzene rings is 1. The SMILES string of the molecule is CCN(CC)c1ccc(NC(=O)C2CCN(C(=O)OC)CC2)cc1. The van der Waals surface area contributed by atoms with Crippen LogP contribution < -0.4 is 10.2 Å². The number of ether oxygens (including phenoxy) is 1. The lowest BCUT2D eigenvalue weighted by atomic mass is 9.96. The van der Waals surface area contributed by atoms with Crippen LogP contribution >= 0.6 is 0 Å². The smallest absolute Gasteiger partial charge is 0.409 e. The summed E-state index contributed by atoms with van der Waals surface area (Å²) in [6, 6.07) is 7.94. The molecule has 1 aliphatic rings. The van der Waals surface area contributed by atoms with E-state index in [0.29, 0.717) is 25.9 Å². The number of methoxy groups -OCH3 is 1. The predicted molar refractivity (Wildman–Crippen MR) is 95.3 cm³/mol. The fraction of sp³-hybridized carbons (Fsp3) is 0.556. The van der Waals surface area contributed by atoms with Gasteiger partial charge in [-0.3, -0.25) is 4.79 Å². The highest BCUT2D eigenvalue weighted by Gasteiger charge is 2.27. The first-order chi connectivity index (χ1) is 11.6. The molecule has 2 amide bonds. The Morgan fingerprint density at radius 2 is 1.75 bits per heavy atom. The minimum atomic E-state index is -0.319. The van der Waals surface area contributed by atoms with Gasteiger partial charge in [-0.15, -0.1) is 0 Å². The molecule has 0 aromatic heterocycles. The Morgan fingerprint density at radius 1 is 1.17 bits per heavy atom. The number of amides is 2. The lowest BCUT2D eigenvalue weighted by molar-refractivity contribution is -0.121. The number of anilines is 2. The van der Waals surface area contributed by atoms with Crippen LogP contribution in [0.4, 0.5) is 16.2 Å². The first kappa shape index (κ1) is 18.1. The van der Waals surface area contributed by atoms with E-state index in [0.717, 1.165) is 24.5 Å². The zero-order valence-corrected chi connectivity index (χ0v) is 14.7.